The summed E-state index contributed by atoms with van der Waals surface area (Å²) in [5, 5.41) is 83.9. The third kappa shape index (κ3) is 6.39. The Bertz CT molecular complexity index is 787. The number of hydrogen-bond acceptors (Lipinski definition) is 15. The Hall–Kier alpha value is -1.74. The van der Waals surface area contributed by atoms with Crippen molar-refractivity contribution in [2.75, 3.05) is 26.4 Å². The van der Waals surface area contributed by atoms with Gasteiger partial charge in [0.25, 0.3) is 0 Å². The Morgan fingerprint density at radius 1 is 0.861 bits per heavy atom. The summed E-state index contributed by atoms with van der Waals surface area (Å²) in [5.41, 5.74) is 8.26. The van der Waals surface area contributed by atoms with Crippen LogP contribution < -0.4 is 0 Å². The van der Waals surface area contributed by atoms with Crippen LogP contribution in [0.5, 0.6) is 0 Å². The van der Waals surface area contributed by atoms with Crippen molar-refractivity contribution in [3.8, 4) is 0 Å². The SMILES string of the molecule is [N-]=[N+]=NCCO[C@@H]1OC[C@@H](O[C@@H]2OC(C(=O)O)[C@@H](O)C(O[C@H]3OC[C@@H](O)C(O)C3O)C2O)C(O)[C@@H]1O. The van der Waals surface area contributed by atoms with Gasteiger partial charge in [-0.25, -0.2) is 4.79 Å². The van der Waals surface area contributed by atoms with Gasteiger partial charge in [0.1, 0.15) is 54.9 Å². The molecular formula is C18H29N3O15. The maximum atomic E-state index is 11.6. The molecule has 18 heteroatoms. The number of nitrogens with zero attached hydrogens (tertiary/aromatic N) is 3. The highest BCUT2D eigenvalue weighted by molar-refractivity contribution is 5.73. The number of aliphatic hydroxyl groups excluding tert-OH is 7. The predicted octanol–water partition coefficient (Wildman–Crippen LogP) is -4.87. The molecule has 36 heavy (non-hydrogen) atoms. The fourth-order valence-corrected chi connectivity index (χ4v) is 3.83. The fraction of sp³-hybridized carbons (Fsp3) is 0.944. The molecule has 3 aliphatic heterocycles. The summed E-state index contributed by atoms with van der Waals surface area (Å²) in [6, 6.07) is 0. The topological polar surface area (TPSA) is 283 Å². The lowest BCUT2D eigenvalue weighted by molar-refractivity contribution is -0.362. The Labute approximate surface area is 202 Å². The molecule has 8 N–H and O–H groups in total. The maximum absolute atomic E-state index is 11.6. The molecule has 3 saturated heterocycles. The van der Waals surface area contributed by atoms with Crippen LogP contribution in [0, 0.1) is 0 Å². The highest BCUT2D eigenvalue weighted by atomic mass is 16.8. The summed E-state index contributed by atoms with van der Waals surface area (Å²) >= 11 is 0. The average molecular weight is 527 g/mol. The van der Waals surface area contributed by atoms with Crippen LogP contribution >= 0.6 is 0 Å². The van der Waals surface area contributed by atoms with Crippen molar-refractivity contribution in [2.24, 2.45) is 5.11 Å². The summed E-state index contributed by atoms with van der Waals surface area (Å²) in [4.78, 5) is 14.2. The van der Waals surface area contributed by atoms with E-state index in [0.717, 1.165) is 0 Å². The third-order valence-electron chi connectivity index (χ3n) is 5.81. The molecule has 0 aromatic rings. The van der Waals surface area contributed by atoms with E-state index in [9.17, 15) is 45.6 Å². The second kappa shape index (κ2) is 12.7. The minimum Gasteiger partial charge on any atom is -0.479 e. The van der Waals surface area contributed by atoms with Crippen LogP contribution in [-0.2, 0) is 33.2 Å². The molecule has 0 radical (unpaired) electrons. The van der Waals surface area contributed by atoms with Crippen LogP contribution in [0.25, 0.3) is 10.4 Å². The second-order valence-corrected chi connectivity index (χ2v) is 8.28. The first-order valence-electron chi connectivity index (χ1n) is 10.9. The zero-order valence-corrected chi connectivity index (χ0v) is 18.6. The number of azide groups is 1. The molecule has 0 spiro atoms. The molecular weight excluding hydrogens is 498 g/mol. The summed E-state index contributed by atoms with van der Waals surface area (Å²) in [5.74, 6) is -1.66. The largest absolute Gasteiger partial charge is 0.479 e. The van der Waals surface area contributed by atoms with Crippen LogP contribution in [-0.4, -0.2) is 153 Å². The number of ether oxygens (including phenoxy) is 6. The summed E-state index contributed by atoms with van der Waals surface area (Å²) in [7, 11) is 0. The van der Waals surface area contributed by atoms with E-state index < -0.39 is 99.1 Å². The zero-order chi connectivity index (χ0) is 26.6. The number of carbonyl (C=O) groups is 1. The lowest BCUT2D eigenvalue weighted by Gasteiger charge is -2.45. The summed E-state index contributed by atoms with van der Waals surface area (Å²) < 4.78 is 31.5. The second-order valence-electron chi connectivity index (χ2n) is 8.28. The Morgan fingerprint density at radius 2 is 1.53 bits per heavy atom. The number of hydrogen-bond donors (Lipinski definition) is 8. The van der Waals surface area contributed by atoms with Gasteiger partial charge in [0.2, 0.25) is 0 Å². The van der Waals surface area contributed by atoms with Gasteiger partial charge in [0.05, 0.1) is 19.8 Å². The zero-order valence-electron chi connectivity index (χ0n) is 18.6. The quantitative estimate of drug-likeness (QED) is 0.0603. The molecule has 6 unspecified atom stereocenters. The lowest BCUT2D eigenvalue weighted by Crippen LogP contribution is -2.65. The van der Waals surface area contributed by atoms with Crippen molar-refractivity contribution in [1.82, 2.24) is 0 Å². The van der Waals surface area contributed by atoms with E-state index in [0.29, 0.717) is 0 Å². The number of aliphatic carboxylic acids is 1. The number of aliphatic hydroxyl groups is 7. The summed E-state index contributed by atoms with van der Waals surface area (Å²) in [6.45, 7) is -1.04. The minimum atomic E-state index is -2.00. The van der Waals surface area contributed by atoms with Crippen molar-refractivity contribution in [3.63, 3.8) is 0 Å². The van der Waals surface area contributed by atoms with Crippen molar-refractivity contribution >= 4 is 5.97 Å². The molecule has 206 valence electrons. The molecule has 3 heterocycles. The van der Waals surface area contributed by atoms with Gasteiger partial charge >= 0.3 is 5.97 Å². The molecule has 0 bridgehead atoms. The van der Waals surface area contributed by atoms with Gasteiger partial charge in [-0.1, -0.05) is 5.11 Å². The van der Waals surface area contributed by atoms with Crippen molar-refractivity contribution in [2.45, 2.75) is 79.9 Å². The highest BCUT2D eigenvalue weighted by Crippen LogP contribution is 2.30. The molecule has 0 aromatic heterocycles. The van der Waals surface area contributed by atoms with Crippen molar-refractivity contribution in [3.05, 3.63) is 10.4 Å². The monoisotopic (exact) mass is 527 g/mol. The molecule has 3 aliphatic rings. The molecule has 0 amide bonds. The molecule has 3 fully saturated rings. The molecule has 3 rings (SSSR count). The Balaban J connectivity index is 1.67. The molecule has 0 aliphatic carbocycles. The van der Waals surface area contributed by atoms with Crippen LogP contribution in [0.3, 0.4) is 0 Å². The van der Waals surface area contributed by atoms with E-state index in [1.807, 2.05) is 0 Å². The van der Waals surface area contributed by atoms with Gasteiger partial charge in [-0.3, -0.25) is 0 Å². The van der Waals surface area contributed by atoms with Gasteiger partial charge in [0, 0.05) is 11.5 Å². The van der Waals surface area contributed by atoms with Crippen LogP contribution in [0.15, 0.2) is 5.11 Å². The smallest absolute Gasteiger partial charge is 0.335 e. The van der Waals surface area contributed by atoms with Gasteiger partial charge in [-0.15, -0.1) is 0 Å². The predicted molar refractivity (Wildman–Crippen MR) is 108 cm³/mol. The van der Waals surface area contributed by atoms with Crippen molar-refractivity contribution < 1.29 is 74.1 Å². The van der Waals surface area contributed by atoms with E-state index in [2.05, 4.69) is 10.0 Å². The molecule has 0 aromatic carbocycles. The third-order valence-corrected chi connectivity index (χ3v) is 5.81. The number of carboxylic acid groups (broad SMARTS) is 1. The molecule has 13 atom stereocenters. The van der Waals surface area contributed by atoms with Crippen LogP contribution in [0.2, 0.25) is 0 Å². The minimum absolute atomic E-state index is 0.0586. The van der Waals surface area contributed by atoms with E-state index in [1.54, 1.807) is 0 Å². The maximum Gasteiger partial charge on any atom is 0.335 e. The normalized spacial score (nSPS) is 45.6. The molecule has 18 nitrogen and oxygen atoms in total. The lowest BCUT2D eigenvalue weighted by atomic mass is 9.97. The fourth-order valence-electron chi connectivity index (χ4n) is 3.83. The van der Waals surface area contributed by atoms with E-state index >= 15 is 0 Å². The highest BCUT2D eigenvalue weighted by Gasteiger charge is 2.53. The number of rotatable bonds is 9. The van der Waals surface area contributed by atoms with E-state index in [-0.39, 0.29) is 13.2 Å². The van der Waals surface area contributed by atoms with Gasteiger partial charge in [0.15, 0.2) is 25.0 Å². The van der Waals surface area contributed by atoms with Crippen LogP contribution in [0.4, 0.5) is 0 Å². The Kier molecular flexibility index (Phi) is 10.1. The van der Waals surface area contributed by atoms with Gasteiger partial charge < -0.3 is 69.3 Å². The Morgan fingerprint density at radius 3 is 2.19 bits per heavy atom. The van der Waals surface area contributed by atoms with Crippen LogP contribution in [0.1, 0.15) is 0 Å². The average Bonchev–Trinajstić information content (AvgIpc) is 2.84. The first-order chi connectivity index (χ1) is 17.1. The number of carboxylic acids is 1. The first kappa shape index (κ1) is 28.8. The van der Waals surface area contributed by atoms with E-state index in [4.69, 9.17) is 34.0 Å². The van der Waals surface area contributed by atoms with Gasteiger partial charge in [-0.05, 0) is 5.53 Å². The molecule has 0 saturated carbocycles. The standard InChI is InChI=1S/C18H29N3O15/c19-21-20-1-2-31-16-10(26)8(24)6(4-33-16)34-18-12(28)13(11(27)14(36-18)15(29)30)35-17-9(25)7(23)5(22)3-32-17/h5-14,16-18,22-28H,1-4H2,(H,29,30)/t5-,6-,7?,8?,9?,10+,11+,12?,13?,14?,16-,17-,18-/m1/s1. The first-order valence-corrected chi connectivity index (χ1v) is 10.9. The summed E-state index contributed by atoms with van der Waals surface area (Å²) in [6.07, 6.45) is -22.1. The van der Waals surface area contributed by atoms with Gasteiger partial charge in [-0.2, -0.15) is 0 Å². The van der Waals surface area contributed by atoms with Crippen molar-refractivity contribution in [1.29, 1.82) is 0 Å². The van der Waals surface area contributed by atoms with E-state index in [1.165, 1.54) is 0 Å².